The van der Waals surface area contributed by atoms with Crippen molar-refractivity contribution in [2.75, 3.05) is 12.4 Å². The summed E-state index contributed by atoms with van der Waals surface area (Å²) in [6.45, 7) is 0. The standard InChI is InChI=1S/C21H16N6O/c1-23-20(28)15-7-4-6-14(11-15)17-9-10-19-25-21(26-27(19)13-17)24-18-8-3-2-5-16(18)12-22/h2-11,13H,1H3,(H,23,28)(H,24,26). The number of nitriles is 1. The second-order valence-corrected chi connectivity index (χ2v) is 6.10. The van der Waals surface area contributed by atoms with Crippen LogP contribution in [0.3, 0.4) is 0 Å². The largest absolute Gasteiger partial charge is 0.355 e. The van der Waals surface area contributed by atoms with Gasteiger partial charge in [-0.2, -0.15) is 10.2 Å². The third-order valence-electron chi connectivity index (χ3n) is 4.31. The number of anilines is 2. The van der Waals surface area contributed by atoms with Crippen LogP contribution in [0.25, 0.3) is 16.8 Å². The van der Waals surface area contributed by atoms with E-state index in [1.54, 1.807) is 35.8 Å². The summed E-state index contributed by atoms with van der Waals surface area (Å²) in [6, 6.07) is 20.5. The normalized spacial score (nSPS) is 10.4. The van der Waals surface area contributed by atoms with Crippen molar-refractivity contribution in [2.45, 2.75) is 0 Å². The Balaban J connectivity index is 1.67. The van der Waals surface area contributed by atoms with Crippen LogP contribution in [0.15, 0.2) is 66.9 Å². The number of hydrogen-bond acceptors (Lipinski definition) is 5. The number of aromatic nitrogens is 3. The lowest BCUT2D eigenvalue weighted by molar-refractivity contribution is 0.0963. The SMILES string of the molecule is CNC(=O)c1cccc(-c2ccc3nc(Nc4ccccc4C#N)nn3c2)c1. The van der Waals surface area contributed by atoms with Crippen molar-refractivity contribution in [3.8, 4) is 17.2 Å². The molecule has 0 saturated carbocycles. The summed E-state index contributed by atoms with van der Waals surface area (Å²) < 4.78 is 1.67. The first-order valence-electron chi connectivity index (χ1n) is 8.63. The summed E-state index contributed by atoms with van der Waals surface area (Å²) in [4.78, 5) is 16.3. The Morgan fingerprint density at radius 2 is 1.93 bits per heavy atom. The van der Waals surface area contributed by atoms with E-state index in [9.17, 15) is 10.1 Å². The molecule has 0 aliphatic carbocycles. The highest BCUT2D eigenvalue weighted by Gasteiger charge is 2.09. The second kappa shape index (κ2) is 7.21. The molecular formula is C21H16N6O. The molecular weight excluding hydrogens is 352 g/mol. The molecule has 4 rings (SSSR count). The molecule has 0 aliphatic heterocycles. The molecule has 1 amide bonds. The molecule has 7 heteroatoms. The van der Waals surface area contributed by atoms with E-state index in [4.69, 9.17) is 0 Å². The fourth-order valence-corrected chi connectivity index (χ4v) is 2.90. The second-order valence-electron chi connectivity index (χ2n) is 6.10. The average molecular weight is 368 g/mol. The van der Waals surface area contributed by atoms with Crippen molar-refractivity contribution in [3.63, 3.8) is 0 Å². The van der Waals surface area contributed by atoms with Crippen LogP contribution in [0.5, 0.6) is 0 Å². The minimum Gasteiger partial charge on any atom is -0.355 e. The van der Waals surface area contributed by atoms with E-state index < -0.39 is 0 Å². The Morgan fingerprint density at radius 3 is 2.75 bits per heavy atom. The van der Waals surface area contributed by atoms with Crippen LogP contribution in [0, 0.1) is 11.3 Å². The van der Waals surface area contributed by atoms with Crippen molar-refractivity contribution in [3.05, 3.63) is 78.0 Å². The van der Waals surface area contributed by atoms with E-state index in [1.165, 1.54) is 0 Å². The minimum absolute atomic E-state index is 0.133. The van der Waals surface area contributed by atoms with Gasteiger partial charge >= 0.3 is 0 Å². The Hall–Kier alpha value is -4.18. The molecule has 4 aromatic rings. The van der Waals surface area contributed by atoms with E-state index in [0.29, 0.717) is 28.4 Å². The first-order chi connectivity index (χ1) is 13.7. The van der Waals surface area contributed by atoms with Gasteiger partial charge < -0.3 is 10.6 Å². The molecule has 2 aromatic heterocycles. The monoisotopic (exact) mass is 368 g/mol. The number of carbonyl (C=O) groups excluding carboxylic acids is 1. The molecule has 28 heavy (non-hydrogen) atoms. The third kappa shape index (κ3) is 3.27. The van der Waals surface area contributed by atoms with Gasteiger partial charge in [0.2, 0.25) is 5.95 Å². The number of para-hydroxylation sites is 1. The lowest BCUT2D eigenvalue weighted by Crippen LogP contribution is -2.17. The molecule has 136 valence electrons. The maximum atomic E-state index is 11.9. The van der Waals surface area contributed by atoms with Gasteiger partial charge in [0, 0.05) is 24.4 Å². The zero-order valence-corrected chi connectivity index (χ0v) is 15.0. The Morgan fingerprint density at radius 1 is 1.07 bits per heavy atom. The lowest BCUT2D eigenvalue weighted by atomic mass is 10.0. The topological polar surface area (TPSA) is 95.1 Å². The average Bonchev–Trinajstić information content (AvgIpc) is 3.15. The van der Waals surface area contributed by atoms with E-state index in [-0.39, 0.29) is 5.91 Å². The van der Waals surface area contributed by atoms with Gasteiger partial charge in [-0.3, -0.25) is 4.79 Å². The zero-order valence-electron chi connectivity index (χ0n) is 15.0. The number of fused-ring (bicyclic) bond motifs is 1. The first kappa shape index (κ1) is 17.2. The highest BCUT2D eigenvalue weighted by Crippen LogP contribution is 2.23. The van der Waals surface area contributed by atoms with Crippen LogP contribution < -0.4 is 10.6 Å². The van der Waals surface area contributed by atoms with Crippen molar-refractivity contribution in [1.29, 1.82) is 5.26 Å². The molecule has 2 N–H and O–H groups in total. The lowest BCUT2D eigenvalue weighted by Gasteiger charge is -2.05. The summed E-state index contributed by atoms with van der Waals surface area (Å²) in [7, 11) is 1.61. The molecule has 2 aromatic carbocycles. The van der Waals surface area contributed by atoms with Crippen LogP contribution in [-0.2, 0) is 0 Å². The van der Waals surface area contributed by atoms with Crippen molar-refractivity contribution >= 4 is 23.2 Å². The molecule has 2 heterocycles. The van der Waals surface area contributed by atoms with Crippen molar-refractivity contribution < 1.29 is 4.79 Å². The van der Waals surface area contributed by atoms with Crippen LogP contribution in [0.1, 0.15) is 15.9 Å². The molecule has 7 nitrogen and oxygen atoms in total. The fraction of sp³-hybridized carbons (Fsp3) is 0.0476. The molecule has 0 unspecified atom stereocenters. The first-order valence-corrected chi connectivity index (χ1v) is 8.63. The van der Waals surface area contributed by atoms with E-state index in [0.717, 1.165) is 11.1 Å². The molecule has 0 fully saturated rings. The van der Waals surface area contributed by atoms with Gasteiger partial charge in [-0.15, -0.1) is 5.10 Å². The number of rotatable bonds is 4. The van der Waals surface area contributed by atoms with Crippen molar-refractivity contribution in [1.82, 2.24) is 19.9 Å². The van der Waals surface area contributed by atoms with Crippen LogP contribution >= 0.6 is 0 Å². The molecule has 0 atom stereocenters. The van der Waals surface area contributed by atoms with Crippen LogP contribution in [-0.4, -0.2) is 27.6 Å². The van der Waals surface area contributed by atoms with Gasteiger partial charge in [-0.1, -0.05) is 24.3 Å². The maximum Gasteiger partial charge on any atom is 0.251 e. The summed E-state index contributed by atoms with van der Waals surface area (Å²) in [5, 5.41) is 19.4. The number of benzene rings is 2. The van der Waals surface area contributed by atoms with Crippen LogP contribution in [0.2, 0.25) is 0 Å². The van der Waals surface area contributed by atoms with Crippen LogP contribution in [0.4, 0.5) is 11.6 Å². The summed E-state index contributed by atoms with van der Waals surface area (Å²) in [6.07, 6.45) is 1.85. The Kier molecular flexibility index (Phi) is 4.44. The number of hydrogen-bond donors (Lipinski definition) is 2. The predicted molar refractivity (Wildman–Crippen MR) is 106 cm³/mol. The van der Waals surface area contributed by atoms with Gasteiger partial charge in [0.15, 0.2) is 5.65 Å². The van der Waals surface area contributed by atoms with E-state index in [2.05, 4.69) is 26.8 Å². The van der Waals surface area contributed by atoms with E-state index >= 15 is 0 Å². The quantitative estimate of drug-likeness (QED) is 0.576. The highest BCUT2D eigenvalue weighted by molar-refractivity contribution is 5.95. The Bertz CT molecular complexity index is 1220. The van der Waals surface area contributed by atoms with Gasteiger partial charge in [0.05, 0.1) is 11.3 Å². The molecule has 0 aliphatic rings. The fourth-order valence-electron chi connectivity index (χ4n) is 2.90. The number of pyridine rings is 1. The summed E-state index contributed by atoms with van der Waals surface area (Å²) in [5.74, 6) is 0.269. The molecule has 0 bridgehead atoms. The number of nitrogens with one attached hydrogen (secondary N) is 2. The smallest absolute Gasteiger partial charge is 0.251 e. The number of nitrogens with zero attached hydrogens (tertiary/aromatic N) is 4. The van der Waals surface area contributed by atoms with Gasteiger partial charge in [-0.05, 0) is 42.0 Å². The van der Waals surface area contributed by atoms with Gasteiger partial charge in [0.25, 0.3) is 5.91 Å². The molecule has 0 radical (unpaired) electrons. The van der Waals surface area contributed by atoms with E-state index in [1.807, 2.05) is 42.6 Å². The zero-order chi connectivity index (χ0) is 19.5. The predicted octanol–water partition coefficient (Wildman–Crippen LogP) is 3.37. The third-order valence-corrected chi connectivity index (χ3v) is 4.31. The van der Waals surface area contributed by atoms with Gasteiger partial charge in [0.1, 0.15) is 6.07 Å². The minimum atomic E-state index is -0.133. The highest BCUT2D eigenvalue weighted by atomic mass is 16.1. The summed E-state index contributed by atoms with van der Waals surface area (Å²) in [5.41, 5.74) is 4.25. The number of amides is 1. The van der Waals surface area contributed by atoms with Crippen molar-refractivity contribution in [2.24, 2.45) is 0 Å². The Labute approximate surface area is 161 Å². The molecule has 0 spiro atoms. The maximum absolute atomic E-state index is 11.9. The molecule has 0 saturated heterocycles. The number of carbonyl (C=O) groups is 1. The summed E-state index contributed by atoms with van der Waals surface area (Å²) >= 11 is 0. The van der Waals surface area contributed by atoms with Gasteiger partial charge in [-0.25, -0.2) is 4.52 Å².